The Morgan fingerprint density at radius 2 is 2.12 bits per heavy atom. The second-order valence-electron chi connectivity index (χ2n) is 4.21. The fraction of sp³-hybridized carbons (Fsp3) is 0.417. The summed E-state index contributed by atoms with van der Waals surface area (Å²) in [6.07, 6.45) is -2.71. The molecule has 1 aliphatic heterocycles. The Bertz CT molecular complexity index is 428. The van der Waals surface area contributed by atoms with Crippen LogP contribution in [0.1, 0.15) is 24.0 Å². The van der Waals surface area contributed by atoms with Crippen LogP contribution in [0.25, 0.3) is 0 Å². The van der Waals surface area contributed by atoms with E-state index in [1.165, 1.54) is 6.07 Å². The first kappa shape index (κ1) is 12.0. The predicted molar refractivity (Wildman–Crippen MR) is 56.3 cm³/mol. The number of carbonyl (C=O) groups excluding carboxylic acids is 1. The Hall–Kier alpha value is -1.52. The zero-order chi connectivity index (χ0) is 12.5. The van der Waals surface area contributed by atoms with Crippen molar-refractivity contribution in [2.45, 2.75) is 31.5 Å². The van der Waals surface area contributed by atoms with Crippen LogP contribution in [0, 0.1) is 0 Å². The fourth-order valence-corrected chi connectivity index (χ4v) is 1.99. The highest BCUT2D eigenvalue weighted by Gasteiger charge is 2.30. The highest BCUT2D eigenvalue weighted by Crippen LogP contribution is 2.30. The first-order valence-corrected chi connectivity index (χ1v) is 5.40. The van der Waals surface area contributed by atoms with Gasteiger partial charge in [-0.15, -0.1) is 0 Å². The van der Waals surface area contributed by atoms with Gasteiger partial charge >= 0.3 is 6.18 Å². The van der Waals surface area contributed by atoms with Crippen LogP contribution in [-0.2, 0) is 17.4 Å². The topological polar surface area (TPSA) is 29.1 Å². The highest BCUT2D eigenvalue weighted by molar-refractivity contribution is 5.78. The number of hydrogen-bond donors (Lipinski definition) is 1. The van der Waals surface area contributed by atoms with Gasteiger partial charge < -0.3 is 5.32 Å². The molecular weight excluding hydrogens is 231 g/mol. The van der Waals surface area contributed by atoms with Gasteiger partial charge in [0.05, 0.1) is 5.56 Å². The Morgan fingerprint density at radius 1 is 1.35 bits per heavy atom. The van der Waals surface area contributed by atoms with E-state index in [0.717, 1.165) is 12.1 Å². The minimum Gasteiger partial charge on any atom is -0.353 e. The number of hydrogen-bond acceptors (Lipinski definition) is 1. The summed E-state index contributed by atoms with van der Waals surface area (Å²) >= 11 is 0. The second kappa shape index (κ2) is 4.39. The molecule has 0 bridgehead atoms. The van der Waals surface area contributed by atoms with E-state index in [1.807, 2.05) is 0 Å². The van der Waals surface area contributed by atoms with Gasteiger partial charge in [0.1, 0.15) is 0 Å². The Morgan fingerprint density at radius 3 is 2.71 bits per heavy atom. The van der Waals surface area contributed by atoms with Crippen molar-refractivity contribution in [2.75, 3.05) is 0 Å². The van der Waals surface area contributed by atoms with Gasteiger partial charge in [0, 0.05) is 12.5 Å². The van der Waals surface area contributed by atoms with Gasteiger partial charge in [-0.25, -0.2) is 0 Å². The number of rotatable bonds is 2. The van der Waals surface area contributed by atoms with Crippen molar-refractivity contribution < 1.29 is 18.0 Å². The molecule has 0 radical (unpaired) electrons. The standard InChI is InChI=1S/C12H12F3NO/c13-12(14,15)9-3-1-2-8(6-9)7-10-4-5-11(17)16-10/h1-3,6,10H,4-5,7H2,(H,16,17). The molecule has 0 aromatic heterocycles. The molecule has 1 aromatic rings. The number of nitrogens with one attached hydrogen (secondary N) is 1. The molecule has 1 fully saturated rings. The van der Waals surface area contributed by atoms with Crippen molar-refractivity contribution in [3.8, 4) is 0 Å². The molecule has 1 unspecified atom stereocenters. The van der Waals surface area contributed by atoms with Crippen LogP contribution in [0.4, 0.5) is 13.2 Å². The molecule has 2 nitrogen and oxygen atoms in total. The zero-order valence-corrected chi connectivity index (χ0v) is 9.05. The smallest absolute Gasteiger partial charge is 0.353 e. The lowest BCUT2D eigenvalue weighted by atomic mass is 10.0. The molecule has 5 heteroatoms. The molecule has 1 N–H and O–H groups in total. The quantitative estimate of drug-likeness (QED) is 0.849. The number of halogens is 3. The predicted octanol–water partition coefficient (Wildman–Crippen LogP) is 2.53. The van der Waals surface area contributed by atoms with Crippen LogP contribution in [0.3, 0.4) is 0 Å². The van der Waals surface area contributed by atoms with E-state index in [9.17, 15) is 18.0 Å². The number of benzene rings is 1. The van der Waals surface area contributed by atoms with Gasteiger partial charge in [-0.1, -0.05) is 18.2 Å². The minimum atomic E-state index is -4.31. The summed E-state index contributed by atoms with van der Waals surface area (Å²) in [6.45, 7) is 0. The third-order valence-corrected chi connectivity index (χ3v) is 2.82. The van der Waals surface area contributed by atoms with Crippen LogP contribution >= 0.6 is 0 Å². The maximum atomic E-state index is 12.5. The summed E-state index contributed by atoms with van der Waals surface area (Å²) in [6, 6.07) is 5.21. The molecule has 1 heterocycles. The van der Waals surface area contributed by atoms with Crippen molar-refractivity contribution in [3.63, 3.8) is 0 Å². The van der Waals surface area contributed by atoms with E-state index < -0.39 is 11.7 Å². The lowest BCUT2D eigenvalue weighted by Crippen LogP contribution is -2.27. The molecule has 17 heavy (non-hydrogen) atoms. The SMILES string of the molecule is O=C1CCC(Cc2cccc(C(F)(F)F)c2)N1. The molecular formula is C12H12F3NO. The molecule has 1 aliphatic rings. The molecule has 0 saturated carbocycles. The maximum Gasteiger partial charge on any atom is 0.416 e. The molecule has 0 spiro atoms. The zero-order valence-electron chi connectivity index (χ0n) is 9.05. The molecule has 92 valence electrons. The van der Waals surface area contributed by atoms with E-state index in [4.69, 9.17) is 0 Å². The minimum absolute atomic E-state index is 0.0259. The van der Waals surface area contributed by atoms with Crippen molar-refractivity contribution in [3.05, 3.63) is 35.4 Å². The summed E-state index contributed by atoms with van der Waals surface area (Å²) in [5, 5.41) is 2.74. The number of amides is 1. The van der Waals surface area contributed by atoms with Crippen LogP contribution in [0.5, 0.6) is 0 Å². The molecule has 1 aromatic carbocycles. The Labute approximate surface area is 96.8 Å². The monoisotopic (exact) mass is 243 g/mol. The van der Waals surface area contributed by atoms with E-state index in [1.54, 1.807) is 6.07 Å². The number of alkyl halides is 3. The van der Waals surface area contributed by atoms with E-state index in [-0.39, 0.29) is 11.9 Å². The van der Waals surface area contributed by atoms with Crippen LogP contribution in [0.2, 0.25) is 0 Å². The third-order valence-electron chi connectivity index (χ3n) is 2.82. The Balaban J connectivity index is 2.09. The lowest BCUT2D eigenvalue weighted by Gasteiger charge is -2.12. The highest BCUT2D eigenvalue weighted by atomic mass is 19.4. The Kier molecular flexibility index (Phi) is 3.09. The largest absolute Gasteiger partial charge is 0.416 e. The van der Waals surface area contributed by atoms with Gasteiger partial charge in [0.2, 0.25) is 5.91 Å². The average Bonchev–Trinajstić information content (AvgIpc) is 2.63. The summed E-state index contributed by atoms with van der Waals surface area (Å²) in [5.74, 6) is -0.0259. The molecule has 1 amide bonds. The van der Waals surface area contributed by atoms with Crippen molar-refractivity contribution >= 4 is 5.91 Å². The molecule has 1 atom stereocenters. The van der Waals surface area contributed by atoms with Gasteiger partial charge in [-0.05, 0) is 24.5 Å². The van der Waals surface area contributed by atoms with E-state index in [0.29, 0.717) is 24.8 Å². The first-order chi connectivity index (χ1) is 7.95. The lowest BCUT2D eigenvalue weighted by molar-refractivity contribution is -0.137. The van der Waals surface area contributed by atoms with Crippen LogP contribution in [-0.4, -0.2) is 11.9 Å². The molecule has 0 aliphatic carbocycles. The van der Waals surface area contributed by atoms with Crippen molar-refractivity contribution in [1.82, 2.24) is 5.32 Å². The molecule has 1 saturated heterocycles. The summed E-state index contributed by atoms with van der Waals surface area (Å²) in [5.41, 5.74) is -0.0358. The average molecular weight is 243 g/mol. The van der Waals surface area contributed by atoms with E-state index >= 15 is 0 Å². The summed E-state index contributed by atoms with van der Waals surface area (Å²) < 4.78 is 37.4. The molecule has 2 rings (SSSR count). The van der Waals surface area contributed by atoms with Crippen LogP contribution in [0.15, 0.2) is 24.3 Å². The van der Waals surface area contributed by atoms with Gasteiger partial charge in [0.25, 0.3) is 0 Å². The first-order valence-electron chi connectivity index (χ1n) is 5.40. The van der Waals surface area contributed by atoms with Crippen molar-refractivity contribution in [2.24, 2.45) is 0 Å². The third kappa shape index (κ3) is 2.99. The summed E-state index contributed by atoms with van der Waals surface area (Å²) in [4.78, 5) is 11.0. The summed E-state index contributed by atoms with van der Waals surface area (Å²) in [7, 11) is 0. The van der Waals surface area contributed by atoms with Gasteiger partial charge in [0.15, 0.2) is 0 Å². The van der Waals surface area contributed by atoms with E-state index in [2.05, 4.69) is 5.32 Å². The van der Waals surface area contributed by atoms with Gasteiger partial charge in [-0.2, -0.15) is 13.2 Å². The normalized spacial score (nSPS) is 20.4. The van der Waals surface area contributed by atoms with Gasteiger partial charge in [-0.3, -0.25) is 4.79 Å². The second-order valence-corrected chi connectivity index (χ2v) is 4.21. The fourth-order valence-electron chi connectivity index (χ4n) is 1.99. The van der Waals surface area contributed by atoms with Crippen LogP contribution < -0.4 is 5.32 Å². The van der Waals surface area contributed by atoms with Crippen molar-refractivity contribution in [1.29, 1.82) is 0 Å². The maximum absolute atomic E-state index is 12.5. The number of carbonyl (C=O) groups is 1.